The molecule has 2 aromatic heterocycles. The molecular weight excluding hydrogens is 542 g/mol. The number of halogens is 1. The molecule has 0 bridgehead atoms. The molecule has 1 amide bonds. The molecule has 0 radical (unpaired) electrons. The van der Waals surface area contributed by atoms with Crippen LogP contribution in [0, 0.1) is 13.8 Å². The minimum atomic E-state index is -1.60. The van der Waals surface area contributed by atoms with Crippen LogP contribution in [0.2, 0.25) is 5.15 Å². The van der Waals surface area contributed by atoms with Crippen LogP contribution < -0.4 is 21.2 Å². The third kappa shape index (κ3) is 7.31. The number of hydrogen-bond acceptors (Lipinski definition) is 9. The minimum absolute atomic E-state index is 0.0316. The van der Waals surface area contributed by atoms with Crippen molar-refractivity contribution >= 4 is 56.9 Å². The molecule has 2 unspecified atom stereocenters. The van der Waals surface area contributed by atoms with Gasteiger partial charge in [0.05, 0.1) is 34.8 Å². The maximum absolute atomic E-state index is 13.4. The second kappa shape index (κ2) is 12.1. The number of anilines is 1. The average Bonchev–Trinajstić information content (AvgIpc) is 2.84. The Labute approximate surface area is 234 Å². The molecule has 5 N–H and O–H groups in total. The van der Waals surface area contributed by atoms with Crippen molar-refractivity contribution in [2.24, 2.45) is 10.7 Å². The summed E-state index contributed by atoms with van der Waals surface area (Å²) in [4.78, 5) is 34.4. The molecule has 208 valence electrons. The highest BCUT2D eigenvalue weighted by atomic mass is 35.5. The number of hydrogen-bond donors (Lipinski definition) is 4. The Morgan fingerprint density at radius 2 is 2.03 bits per heavy atom. The molecule has 0 spiro atoms. The van der Waals surface area contributed by atoms with Crippen LogP contribution in [-0.2, 0) is 11.0 Å². The number of benzene rings is 1. The second-order valence-electron chi connectivity index (χ2n) is 9.80. The Kier molecular flexibility index (Phi) is 9.31. The first kappa shape index (κ1) is 30.0. The van der Waals surface area contributed by atoms with E-state index in [2.05, 4.69) is 20.0 Å². The Hall–Kier alpha value is -3.54. The number of nitrogens with zero attached hydrogens (tertiary/aromatic N) is 2. The summed E-state index contributed by atoms with van der Waals surface area (Å²) in [5, 5.41) is 13.7. The molecule has 0 aliphatic carbocycles. The number of fused-ring (bicyclic) bond motifs is 1. The molecule has 0 aliphatic rings. The van der Waals surface area contributed by atoms with Gasteiger partial charge in [0.2, 0.25) is 0 Å². The molecule has 3 aromatic rings. The fourth-order valence-electron chi connectivity index (χ4n) is 3.92. The molecule has 2 atom stereocenters. The highest BCUT2D eigenvalue weighted by Crippen LogP contribution is 2.31. The van der Waals surface area contributed by atoms with E-state index in [1.54, 1.807) is 32.9 Å². The van der Waals surface area contributed by atoms with Crippen molar-refractivity contribution in [2.45, 2.75) is 46.3 Å². The predicted octanol–water partition coefficient (Wildman–Crippen LogP) is 3.80. The van der Waals surface area contributed by atoms with E-state index in [0.29, 0.717) is 33.4 Å². The topological polar surface area (TPSA) is 160 Å². The average molecular weight is 574 g/mol. The maximum atomic E-state index is 13.4. The first-order valence-corrected chi connectivity index (χ1v) is 14.0. The molecule has 0 saturated heterocycles. The lowest BCUT2D eigenvalue weighted by atomic mass is 9.99. The summed E-state index contributed by atoms with van der Waals surface area (Å²) in [5.74, 6) is -0.403. The number of rotatable bonds is 9. The van der Waals surface area contributed by atoms with E-state index in [1.165, 1.54) is 24.7 Å². The highest BCUT2D eigenvalue weighted by Gasteiger charge is 2.22. The van der Waals surface area contributed by atoms with Crippen molar-refractivity contribution in [3.8, 4) is 0 Å². The number of nitrogens with two attached hydrogens (primary N) is 1. The highest BCUT2D eigenvalue weighted by molar-refractivity contribution is 7.82. The van der Waals surface area contributed by atoms with Crippen LogP contribution in [0.25, 0.3) is 16.5 Å². The lowest BCUT2D eigenvalue weighted by Crippen LogP contribution is -2.27. The molecule has 0 fully saturated rings. The molecular formula is C27H32ClN5O5S. The summed E-state index contributed by atoms with van der Waals surface area (Å²) in [5.41, 5.74) is 7.51. The Morgan fingerprint density at radius 1 is 1.33 bits per heavy atom. The molecule has 2 heterocycles. The summed E-state index contributed by atoms with van der Waals surface area (Å²) in [7, 11) is -1.60. The number of carbonyl (C=O) groups is 1. The van der Waals surface area contributed by atoms with Crippen LogP contribution in [0.5, 0.6) is 0 Å². The van der Waals surface area contributed by atoms with E-state index >= 15 is 0 Å². The number of carbonyl (C=O) groups excluding carboxylic acids is 1. The van der Waals surface area contributed by atoms with E-state index in [0.717, 1.165) is 5.56 Å². The maximum Gasteiger partial charge on any atom is 0.283 e. The van der Waals surface area contributed by atoms with Gasteiger partial charge in [0.15, 0.2) is 11.1 Å². The van der Waals surface area contributed by atoms with Gasteiger partial charge in [-0.3, -0.25) is 19.3 Å². The standard InChI is InChI=1S/C27H32ClN5O5S/c1-14-9-18(16(3)31-20-7-8-21(28)32-22(20)26(35)33-39(6)37)25-19(10-14)23(34)15(2)24(38-25)17(11-29)12-30-13-27(4,5)36/h7-12,16,31,36H,13,29H2,1-6H3,(H,33,35)/b17-11+,30-12?. The van der Waals surface area contributed by atoms with Crippen LogP contribution in [0.4, 0.5) is 5.69 Å². The van der Waals surface area contributed by atoms with E-state index in [-0.39, 0.29) is 28.6 Å². The van der Waals surface area contributed by atoms with E-state index in [4.69, 9.17) is 21.8 Å². The smallest absolute Gasteiger partial charge is 0.283 e. The van der Waals surface area contributed by atoms with E-state index < -0.39 is 28.5 Å². The van der Waals surface area contributed by atoms with Gasteiger partial charge in [-0.15, -0.1) is 0 Å². The summed E-state index contributed by atoms with van der Waals surface area (Å²) >= 11 is 6.02. The summed E-state index contributed by atoms with van der Waals surface area (Å²) < 4.78 is 20.2. The number of aromatic nitrogens is 1. The van der Waals surface area contributed by atoms with E-state index in [9.17, 15) is 18.9 Å². The third-order valence-corrected chi connectivity index (χ3v) is 6.38. The Morgan fingerprint density at radius 3 is 2.64 bits per heavy atom. The number of pyridine rings is 1. The molecule has 0 saturated carbocycles. The van der Waals surface area contributed by atoms with E-state index in [1.807, 2.05) is 19.9 Å². The van der Waals surface area contributed by atoms with Gasteiger partial charge in [-0.1, -0.05) is 17.7 Å². The number of amides is 1. The molecule has 1 aromatic carbocycles. The van der Waals surface area contributed by atoms with Crippen molar-refractivity contribution in [3.05, 3.63) is 74.0 Å². The number of allylic oxidation sites excluding steroid dienone is 1. The molecule has 10 nitrogen and oxygen atoms in total. The Balaban J connectivity index is 2.13. The summed E-state index contributed by atoms with van der Waals surface area (Å²) in [6.07, 6.45) is 4.09. The van der Waals surface area contributed by atoms with Gasteiger partial charge in [-0.2, -0.15) is 0 Å². The fourth-order valence-corrected chi connectivity index (χ4v) is 4.43. The zero-order valence-electron chi connectivity index (χ0n) is 22.6. The molecule has 12 heteroatoms. The van der Waals surface area contributed by atoms with Crippen LogP contribution in [0.1, 0.15) is 59.8 Å². The van der Waals surface area contributed by atoms with Crippen molar-refractivity contribution in [3.63, 3.8) is 0 Å². The molecule has 39 heavy (non-hydrogen) atoms. The number of nitrogens with one attached hydrogen (secondary N) is 2. The van der Waals surface area contributed by atoms with Crippen LogP contribution in [0.3, 0.4) is 0 Å². The summed E-state index contributed by atoms with van der Waals surface area (Å²) in [6, 6.07) is 6.28. The van der Waals surface area contributed by atoms with Crippen molar-refractivity contribution < 1.29 is 18.5 Å². The van der Waals surface area contributed by atoms with Gasteiger partial charge >= 0.3 is 0 Å². The Bertz CT molecular complexity index is 1560. The van der Waals surface area contributed by atoms with Crippen molar-refractivity contribution in [1.29, 1.82) is 0 Å². The SMILES string of the molecule is Cc1cc(C(C)Nc2ccc(Cl)nc2C(=O)NS(C)=O)c2oc(/C(C=NCC(C)(C)O)=C/N)c(C)c(=O)c2c1. The molecule has 3 rings (SSSR count). The number of aryl methyl sites for hydroxylation is 1. The van der Waals surface area contributed by atoms with Gasteiger partial charge in [0.25, 0.3) is 5.91 Å². The zero-order chi connectivity index (χ0) is 29.1. The van der Waals surface area contributed by atoms with Gasteiger partial charge in [0, 0.05) is 29.8 Å². The number of aliphatic imine (C=N–C) groups is 1. The minimum Gasteiger partial charge on any atom is -0.455 e. The van der Waals surface area contributed by atoms with Gasteiger partial charge in [-0.05, 0) is 58.4 Å². The normalized spacial score (nSPS) is 14.0. The fraction of sp³-hybridized carbons (Fsp3) is 0.333. The second-order valence-corrected chi connectivity index (χ2v) is 11.3. The lowest BCUT2D eigenvalue weighted by molar-refractivity contribution is 0.0905. The lowest BCUT2D eigenvalue weighted by Gasteiger charge is -2.20. The van der Waals surface area contributed by atoms with Crippen LogP contribution in [-0.4, -0.2) is 44.8 Å². The quantitative estimate of drug-likeness (QED) is 0.222. The van der Waals surface area contributed by atoms with Crippen molar-refractivity contribution in [1.82, 2.24) is 9.71 Å². The molecule has 0 aliphatic heterocycles. The van der Waals surface area contributed by atoms with Gasteiger partial charge in [0.1, 0.15) is 27.5 Å². The van der Waals surface area contributed by atoms with Crippen molar-refractivity contribution in [2.75, 3.05) is 18.1 Å². The largest absolute Gasteiger partial charge is 0.455 e. The van der Waals surface area contributed by atoms with Crippen LogP contribution >= 0.6 is 11.6 Å². The summed E-state index contributed by atoms with van der Waals surface area (Å²) in [6.45, 7) is 8.75. The predicted molar refractivity (Wildman–Crippen MR) is 157 cm³/mol. The number of aliphatic hydroxyl groups is 1. The zero-order valence-corrected chi connectivity index (χ0v) is 24.2. The third-order valence-electron chi connectivity index (χ3n) is 5.69. The van der Waals surface area contributed by atoms with Gasteiger partial charge < -0.3 is 20.6 Å². The first-order chi connectivity index (χ1) is 18.2. The first-order valence-electron chi connectivity index (χ1n) is 12.0. The van der Waals surface area contributed by atoms with Crippen LogP contribution in [0.15, 0.2) is 44.7 Å². The van der Waals surface area contributed by atoms with Gasteiger partial charge in [-0.25, -0.2) is 9.19 Å². The monoisotopic (exact) mass is 573 g/mol.